The van der Waals surface area contributed by atoms with Crippen molar-refractivity contribution in [1.29, 1.82) is 5.26 Å². The summed E-state index contributed by atoms with van der Waals surface area (Å²) in [6.45, 7) is 1.89. The number of hydrogen-bond acceptors (Lipinski definition) is 7. The number of aliphatic imine (C=N–C) groups is 1. The Bertz CT molecular complexity index is 532. The summed E-state index contributed by atoms with van der Waals surface area (Å²) < 4.78 is 4.80. The Labute approximate surface area is 125 Å². The van der Waals surface area contributed by atoms with Crippen molar-refractivity contribution in [1.82, 2.24) is 15.5 Å². The zero-order chi connectivity index (χ0) is 15.1. The van der Waals surface area contributed by atoms with E-state index in [-0.39, 0.29) is 29.0 Å². The van der Waals surface area contributed by atoms with Gasteiger partial charge in [-0.2, -0.15) is 15.2 Å². The Morgan fingerprint density at radius 1 is 1.60 bits per heavy atom. The number of nitrogens with zero attached hydrogens (tertiary/aromatic N) is 4. The molecular weight excluding hydrogens is 300 g/mol. The number of hydrogen-bond donors (Lipinski definition) is 4. The molecule has 0 bridgehead atoms. The maximum Gasteiger partial charge on any atom is 0.350 e. The van der Waals surface area contributed by atoms with Crippen LogP contribution in [0, 0.1) is 11.3 Å². The molecule has 1 aromatic rings. The van der Waals surface area contributed by atoms with Gasteiger partial charge < -0.3 is 27.0 Å². The molecule has 108 valence electrons. The van der Waals surface area contributed by atoms with E-state index in [4.69, 9.17) is 39.2 Å². The fourth-order valence-electron chi connectivity index (χ4n) is 1.18. The van der Waals surface area contributed by atoms with Crippen molar-refractivity contribution in [3.05, 3.63) is 5.82 Å². The van der Waals surface area contributed by atoms with Crippen molar-refractivity contribution in [2.45, 2.75) is 18.2 Å². The second-order valence-electron chi connectivity index (χ2n) is 3.72. The van der Waals surface area contributed by atoms with Crippen LogP contribution in [0.15, 0.2) is 9.52 Å². The molecule has 0 aliphatic rings. The van der Waals surface area contributed by atoms with Gasteiger partial charge in [0.05, 0.1) is 6.07 Å². The van der Waals surface area contributed by atoms with Gasteiger partial charge in [-0.25, -0.2) is 0 Å². The quantitative estimate of drug-likeness (QED) is 0.305. The third-order valence-electron chi connectivity index (χ3n) is 1.91. The smallest absolute Gasteiger partial charge is 0.350 e. The zero-order valence-electron chi connectivity index (χ0n) is 10.6. The van der Waals surface area contributed by atoms with Gasteiger partial charge in [0.25, 0.3) is 0 Å². The van der Waals surface area contributed by atoms with Crippen LogP contribution in [-0.4, -0.2) is 33.0 Å². The largest absolute Gasteiger partial charge is 0.376 e. The van der Waals surface area contributed by atoms with Crippen LogP contribution in [0.3, 0.4) is 0 Å². The van der Waals surface area contributed by atoms with Gasteiger partial charge in [0.2, 0.25) is 5.82 Å². The highest BCUT2D eigenvalue weighted by Gasteiger charge is 2.19. The first-order valence-electron chi connectivity index (χ1n) is 5.42. The van der Waals surface area contributed by atoms with Gasteiger partial charge in [-0.3, -0.25) is 0 Å². The van der Waals surface area contributed by atoms with Gasteiger partial charge in [-0.15, -0.1) is 11.8 Å². The highest BCUT2D eigenvalue weighted by molar-refractivity contribution is 7.99. The van der Waals surface area contributed by atoms with Crippen molar-refractivity contribution in [2.75, 3.05) is 5.75 Å². The second kappa shape index (κ2) is 7.51. The monoisotopic (exact) mass is 314 g/mol. The van der Waals surface area contributed by atoms with E-state index in [0.717, 1.165) is 0 Å². The number of nitriles is 1. The Morgan fingerprint density at radius 2 is 2.30 bits per heavy atom. The summed E-state index contributed by atoms with van der Waals surface area (Å²) in [5, 5.41) is 15.3. The normalized spacial score (nSPS) is 13.0. The molecule has 1 aromatic heterocycles. The van der Waals surface area contributed by atoms with Crippen LogP contribution in [0.1, 0.15) is 18.0 Å². The summed E-state index contributed by atoms with van der Waals surface area (Å²) in [4.78, 5) is 7.52. The standard InChI is InChI=1S/C9H14N8OS2/c1-4(14-8(13)19)3-20-5(2-10)6-15-9(18-17-6)16-7(11)12/h4-5H,3H2,1H3,(H3,13,14,19)(H4,11,12,15,16,17). The molecule has 2 unspecified atom stereocenters. The molecule has 0 aliphatic carbocycles. The van der Waals surface area contributed by atoms with Gasteiger partial charge in [0.1, 0.15) is 0 Å². The van der Waals surface area contributed by atoms with Crippen molar-refractivity contribution < 1.29 is 4.52 Å². The predicted molar refractivity (Wildman–Crippen MR) is 80.0 cm³/mol. The van der Waals surface area contributed by atoms with Crippen LogP contribution in [0.4, 0.5) is 6.01 Å². The first-order chi connectivity index (χ1) is 9.42. The Balaban J connectivity index is 2.63. The molecule has 0 amide bonds. The van der Waals surface area contributed by atoms with E-state index in [9.17, 15) is 0 Å². The van der Waals surface area contributed by atoms with Crippen molar-refractivity contribution in [3.63, 3.8) is 0 Å². The van der Waals surface area contributed by atoms with Crippen molar-refractivity contribution >= 4 is 41.1 Å². The molecular formula is C9H14N8OS2. The fraction of sp³-hybridized carbons (Fsp3) is 0.444. The molecule has 20 heavy (non-hydrogen) atoms. The number of thioether (sulfide) groups is 1. The second-order valence-corrected chi connectivity index (χ2v) is 5.30. The van der Waals surface area contributed by atoms with E-state index in [2.05, 4.69) is 26.5 Å². The number of nitrogens with one attached hydrogen (secondary N) is 1. The lowest BCUT2D eigenvalue weighted by Crippen LogP contribution is -2.38. The molecule has 11 heteroatoms. The molecule has 0 aromatic carbocycles. The number of aromatic nitrogens is 2. The van der Waals surface area contributed by atoms with Crippen LogP contribution in [0.5, 0.6) is 0 Å². The van der Waals surface area contributed by atoms with E-state index in [1.165, 1.54) is 11.8 Å². The lowest BCUT2D eigenvalue weighted by Gasteiger charge is -2.13. The number of thiocarbonyl (C=S) groups is 1. The van der Waals surface area contributed by atoms with Crippen LogP contribution in [0.25, 0.3) is 0 Å². The Kier molecular flexibility index (Phi) is 6.01. The van der Waals surface area contributed by atoms with Gasteiger partial charge in [-0.1, -0.05) is 5.16 Å². The van der Waals surface area contributed by atoms with Gasteiger partial charge in [0, 0.05) is 11.8 Å². The van der Waals surface area contributed by atoms with E-state index >= 15 is 0 Å². The third kappa shape index (κ3) is 5.29. The maximum atomic E-state index is 9.12. The van der Waals surface area contributed by atoms with E-state index < -0.39 is 5.25 Å². The Morgan fingerprint density at radius 3 is 2.85 bits per heavy atom. The summed E-state index contributed by atoms with van der Waals surface area (Å²) in [5.74, 6) is 0.595. The first-order valence-corrected chi connectivity index (χ1v) is 6.88. The molecule has 0 radical (unpaired) electrons. The van der Waals surface area contributed by atoms with Gasteiger partial charge in [0.15, 0.2) is 16.3 Å². The molecule has 0 aliphatic heterocycles. The molecule has 9 nitrogen and oxygen atoms in total. The highest BCUT2D eigenvalue weighted by atomic mass is 32.2. The summed E-state index contributed by atoms with van der Waals surface area (Å²) in [5.41, 5.74) is 15.7. The molecule has 2 atom stereocenters. The molecule has 0 saturated heterocycles. The summed E-state index contributed by atoms with van der Waals surface area (Å²) in [6, 6.07) is 1.99. The fourth-order valence-corrected chi connectivity index (χ4v) is 2.27. The van der Waals surface area contributed by atoms with E-state index in [1.54, 1.807) is 0 Å². The lowest BCUT2D eigenvalue weighted by molar-refractivity contribution is 0.422. The Hall–Kier alpha value is -2.06. The summed E-state index contributed by atoms with van der Waals surface area (Å²) in [6.07, 6.45) is 0. The maximum absolute atomic E-state index is 9.12. The van der Waals surface area contributed by atoms with Crippen LogP contribution < -0.4 is 22.5 Å². The van der Waals surface area contributed by atoms with Crippen LogP contribution in [0.2, 0.25) is 0 Å². The SMILES string of the molecule is CC(CSC(C#N)c1noc(N=C(N)N)n1)NC(N)=S. The molecule has 0 spiro atoms. The number of nitrogens with two attached hydrogens (primary N) is 3. The minimum atomic E-state index is -0.600. The molecule has 0 saturated carbocycles. The minimum Gasteiger partial charge on any atom is -0.376 e. The van der Waals surface area contributed by atoms with Crippen LogP contribution in [-0.2, 0) is 0 Å². The topological polar surface area (TPSA) is 165 Å². The van der Waals surface area contributed by atoms with Crippen molar-refractivity contribution in [3.8, 4) is 6.07 Å². The molecule has 1 heterocycles. The van der Waals surface area contributed by atoms with Gasteiger partial charge in [-0.05, 0) is 19.1 Å². The predicted octanol–water partition coefficient (Wildman–Crippen LogP) is -0.506. The highest BCUT2D eigenvalue weighted by Crippen LogP contribution is 2.27. The average molecular weight is 314 g/mol. The third-order valence-corrected chi connectivity index (χ3v) is 3.37. The van der Waals surface area contributed by atoms with E-state index in [1.807, 2.05) is 6.92 Å². The van der Waals surface area contributed by atoms with E-state index in [0.29, 0.717) is 5.75 Å². The molecule has 7 N–H and O–H groups in total. The number of guanidine groups is 1. The average Bonchev–Trinajstić information content (AvgIpc) is 2.76. The molecule has 1 rings (SSSR count). The first kappa shape index (κ1) is 16.0. The summed E-state index contributed by atoms with van der Waals surface area (Å²) >= 11 is 6.05. The van der Waals surface area contributed by atoms with Crippen molar-refractivity contribution in [2.24, 2.45) is 22.2 Å². The lowest BCUT2D eigenvalue weighted by atomic mass is 10.4. The molecule has 0 fully saturated rings. The minimum absolute atomic E-state index is 0.0115. The zero-order valence-corrected chi connectivity index (χ0v) is 12.2. The van der Waals surface area contributed by atoms with Gasteiger partial charge >= 0.3 is 6.01 Å². The number of rotatable bonds is 6. The summed E-state index contributed by atoms with van der Waals surface area (Å²) in [7, 11) is 0. The van der Waals surface area contributed by atoms with Crippen LogP contribution >= 0.6 is 24.0 Å².